The van der Waals surface area contributed by atoms with E-state index < -0.39 is 23.6 Å². The Hall–Kier alpha value is -1.75. The molecule has 0 saturated carbocycles. The Morgan fingerprint density at radius 2 is 1.93 bits per heavy atom. The highest BCUT2D eigenvalue weighted by Crippen LogP contribution is 2.52. The van der Waals surface area contributed by atoms with E-state index in [0.717, 1.165) is 16.9 Å². The Kier molecular flexibility index (Phi) is 5.07. The monoisotopic (exact) mass is 420 g/mol. The topological polar surface area (TPSA) is 55.8 Å². The van der Waals surface area contributed by atoms with Crippen LogP contribution in [-0.4, -0.2) is 22.8 Å². The second kappa shape index (κ2) is 7.25. The molecule has 6 heteroatoms. The summed E-state index contributed by atoms with van der Waals surface area (Å²) in [6.45, 7) is 3.98. The summed E-state index contributed by atoms with van der Waals surface area (Å²) in [6.07, 6.45) is 0.234. The van der Waals surface area contributed by atoms with Crippen molar-refractivity contribution in [1.29, 1.82) is 0 Å². The van der Waals surface area contributed by atoms with E-state index in [4.69, 9.17) is 32.7 Å². The second-order valence-electron chi connectivity index (χ2n) is 8.10. The van der Waals surface area contributed by atoms with Crippen molar-refractivity contribution in [1.82, 2.24) is 0 Å². The number of hydrogen-bond donors (Lipinski definition) is 1. The number of carbonyl (C=O) groups is 1. The Bertz CT molecular complexity index is 911. The van der Waals surface area contributed by atoms with Crippen molar-refractivity contribution < 1.29 is 19.4 Å². The Morgan fingerprint density at radius 3 is 2.64 bits per heavy atom. The van der Waals surface area contributed by atoms with Crippen LogP contribution in [0.3, 0.4) is 0 Å². The fourth-order valence-electron chi connectivity index (χ4n) is 4.41. The number of aliphatic carboxylic acids is 1. The molecule has 1 N–H and O–H groups in total. The van der Waals surface area contributed by atoms with Crippen LogP contribution >= 0.6 is 23.2 Å². The summed E-state index contributed by atoms with van der Waals surface area (Å²) in [5.74, 6) is -0.817. The number of rotatable bonds is 3. The van der Waals surface area contributed by atoms with Gasteiger partial charge in [0.1, 0.15) is 11.4 Å². The summed E-state index contributed by atoms with van der Waals surface area (Å²) in [4.78, 5) is 12.0. The molecule has 1 saturated heterocycles. The smallest absolute Gasteiger partial charge is 0.309 e. The van der Waals surface area contributed by atoms with E-state index in [2.05, 4.69) is 0 Å². The Morgan fingerprint density at radius 1 is 1.18 bits per heavy atom. The zero-order valence-electron chi connectivity index (χ0n) is 15.7. The number of hydrogen-bond acceptors (Lipinski definition) is 3. The summed E-state index contributed by atoms with van der Waals surface area (Å²) in [7, 11) is 0. The number of carboxylic acids is 1. The average Bonchev–Trinajstić information content (AvgIpc) is 2.62. The SMILES string of the molecule is CC1(C)Oc2ccc(Cl)cc2[C@@H]2O[C@H](Cc3cccc(Cl)c3)C(C(=O)O)C[C@H]21. The van der Waals surface area contributed by atoms with Crippen LogP contribution in [0, 0.1) is 11.8 Å². The van der Waals surface area contributed by atoms with Gasteiger partial charge in [0, 0.05) is 21.5 Å². The van der Waals surface area contributed by atoms with Crippen LogP contribution in [0.4, 0.5) is 0 Å². The van der Waals surface area contributed by atoms with Gasteiger partial charge in [-0.2, -0.15) is 0 Å². The summed E-state index contributed by atoms with van der Waals surface area (Å²) < 4.78 is 12.7. The zero-order valence-corrected chi connectivity index (χ0v) is 17.2. The van der Waals surface area contributed by atoms with Crippen molar-refractivity contribution in [3.63, 3.8) is 0 Å². The van der Waals surface area contributed by atoms with E-state index in [-0.39, 0.29) is 12.0 Å². The van der Waals surface area contributed by atoms with Crippen LogP contribution < -0.4 is 4.74 Å². The molecule has 2 heterocycles. The third-order valence-electron chi connectivity index (χ3n) is 5.83. The van der Waals surface area contributed by atoms with Gasteiger partial charge < -0.3 is 14.6 Å². The first-order chi connectivity index (χ1) is 13.2. The largest absolute Gasteiger partial charge is 0.487 e. The third kappa shape index (κ3) is 3.61. The minimum atomic E-state index is -0.849. The molecule has 0 amide bonds. The molecule has 4 atom stereocenters. The van der Waals surface area contributed by atoms with Crippen LogP contribution in [0.25, 0.3) is 0 Å². The van der Waals surface area contributed by atoms with Gasteiger partial charge in [0.05, 0.1) is 18.1 Å². The predicted molar refractivity (Wildman–Crippen MR) is 108 cm³/mol. The lowest BCUT2D eigenvalue weighted by molar-refractivity contribution is -0.187. The lowest BCUT2D eigenvalue weighted by atomic mass is 9.71. The van der Waals surface area contributed by atoms with Gasteiger partial charge >= 0.3 is 5.97 Å². The molecule has 4 rings (SSSR count). The van der Waals surface area contributed by atoms with E-state index in [1.807, 2.05) is 44.2 Å². The molecule has 2 aliphatic heterocycles. The molecule has 0 radical (unpaired) electrons. The molecule has 0 bridgehead atoms. The first-order valence-corrected chi connectivity index (χ1v) is 10.1. The van der Waals surface area contributed by atoms with Crippen molar-refractivity contribution in [2.24, 2.45) is 11.8 Å². The molecule has 0 aliphatic carbocycles. The standard InChI is InChI=1S/C22H22Cl2O4/c1-22(2)17-11-16(21(25)26)19(9-12-4-3-5-13(23)8-12)27-20(17)15-10-14(24)6-7-18(15)28-22/h3-8,10,16-17,19-20H,9,11H2,1-2H3,(H,25,26)/t16?,17-,19-,20+/m1/s1. The Labute approximate surface area is 174 Å². The summed E-state index contributed by atoms with van der Waals surface area (Å²) >= 11 is 12.3. The molecule has 4 nitrogen and oxygen atoms in total. The van der Waals surface area contributed by atoms with Crippen LogP contribution in [0.2, 0.25) is 10.0 Å². The van der Waals surface area contributed by atoms with Crippen LogP contribution in [0.15, 0.2) is 42.5 Å². The highest BCUT2D eigenvalue weighted by Gasteiger charge is 2.52. The van der Waals surface area contributed by atoms with E-state index in [1.165, 1.54) is 0 Å². The molecule has 1 fully saturated rings. The summed E-state index contributed by atoms with van der Waals surface area (Å²) in [5, 5.41) is 11.1. The first-order valence-electron chi connectivity index (χ1n) is 9.36. The van der Waals surface area contributed by atoms with Gasteiger partial charge in [0.25, 0.3) is 0 Å². The van der Waals surface area contributed by atoms with Gasteiger partial charge in [-0.25, -0.2) is 0 Å². The molecular weight excluding hydrogens is 399 g/mol. The number of fused-ring (bicyclic) bond motifs is 3. The molecular formula is C22H22Cl2O4. The lowest BCUT2D eigenvalue weighted by Crippen LogP contribution is -2.52. The minimum absolute atomic E-state index is 0.0878. The van der Waals surface area contributed by atoms with Gasteiger partial charge in [-0.1, -0.05) is 35.3 Å². The van der Waals surface area contributed by atoms with Gasteiger partial charge in [-0.3, -0.25) is 4.79 Å². The van der Waals surface area contributed by atoms with Gasteiger partial charge in [-0.15, -0.1) is 0 Å². The van der Waals surface area contributed by atoms with Crippen LogP contribution in [0.5, 0.6) is 5.75 Å². The zero-order chi connectivity index (χ0) is 20.1. The van der Waals surface area contributed by atoms with E-state index in [9.17, 15) is 9.90 Å². The number of ether oxygens (including phenoxy) is 2. The third-order valence-corrected chi connectivity index (χ3v) is 6.30. The van der Waals surface area contributed by atoms with Crippen molar-refractivity contribution in [3.8, 4) is 5.75 Å². The molecule has 2 aliphatic rings. The highest BCUT2D eigenvalue weighted by atomic mass is 35.5. The quantitative estimate of drug-likeness (QED) is 0.706. The van der Waals surface area contributed by atoms with Crippen LogP contribution in [-0.2, 0) is 16.0 Å². The fraction of sp³-hybridized carbons (Fsp3) is 0.409. The van der Waals surface area contributed by atoms with Crippen LogP contribution in [0.1, 0.15) is 37.5 Å². The maximum Gasteiger partial charge on any atom is 0.309 e. The first kappa shape index (κ1) is 19.6. The van der Waals surface area contributed by atoms with Crippen molar-refractivity contribution in [2.75, 3.05) is 0 Å². The van der Waals surface area contributed by atoms with Crippen molar-refractivity contribution in [3.05, 3.63) is 63.6 Å². The molecule has 0 spiro atoms. The number of carboxylic acid groups (broad SMARTS) is 1. The maximum absolute atomic E-state index is 12.0. The summed E-state index contributed by atoms with van der Waals surface area (Å²) in [5.41, 5.74) is 1.30. The van der Waals surface area contributed by atoms with Crippen molar-refractivity contribution >= 4 is 29.2 Å². The minimum Gasteiger partial charge on any atom is -0.487 e. The van der Waals surface area contributed by atoms with Crippen molar-refractivity contribution in [2.45, 2.75) is 44.5 Å². The van der Waals surface area contributed by atoms with Gasteiger partial charge in [0.15, 0.2) is 0 Å². The molecule has 148 valence electrons. The van der Waals surface area contributed by atoms with Gasteiger partial charge in [-0.05, 0) is 62.6 Å². The molecule has 2 aromatic carbocycles. The number of halogens is 2. The molecule has 28 heavy (non-hydrogen) atoms. The number of benzene rings is 2. The summed E-state index contributed by atoms with van der Waals surface area (Å²) in [6, 6.07) is 13.0. The predicted octanol–water partition coefficient (Wildman–Crippen LogP) is 5.55. The maximum atomic E-state index is 12.0. The lowest BCUT2D eigenvalue weighted by Gasteiger charge is -2.50. The van der Waals surface area contributed by atoms with E-state index >= 15 is 0 Å². The highest BCUT2D eigenvalue weighted by molar-refractivity contribution is 6.30. The molecule has 2 aromatic rings. The fourth-order valence-corrected chi connectivity index (χ4v) is 4.80. The molecule has 0 aromatic heterocycles. The molecule has 1 unspecified atom stereocenters. The average molecular weight is 421 g/mol. The second-order valence-corrected chi connectivity index (χ2v) is 8.98. The Balaban J connectivity index is 1.71. The van der Waals surface area contributed by atoms with E-state index in [1.54, 1.807) is 12.1 Å². The van der Waals surface area contributed by atoms with Gasteiger partial charge in [0.2, 0.25) is 0 Å². The van der Waals surface area contributed by atoms with E-state index in [0.29, 0.717) is 22.9 Å². The normalized spacial score (nSPS) is 28.0.